The van der Waals surface area contributed by atoms with Gasteiger partial charge in [0.2, 0.25) is 0 Å². The molecule has 0 spiro atoms. The molecule has 2 amide bonds. The summed E-state index contributed by atoms with van der Waals surface area (Å²) in [6.45, 7) is 4.51. The number of aliphatic hydroxyl groups is 1. The van der Waals surface area contributed by atoms with Crippen LogP contribution in [0.2, 0.25) is 0 Å². The molecule has 18 heavy (non-hydrogen) atoms. The van der Waals surface area contributed by atoms with Crippen molar-refractivity contribution in [2.24, 2.45) is 0 Å². The summed E-state index contributed by atoms with van der Waals surface area (Å²) in [5.74, 6) is -1.10. The number of carbonyl (C=O) groups excluding carboxylic acids is 1. The smallest absolute Gasteiger partial charge is 0.326 e. The molecule has 0 saturated carbocycles. The molecular weight excluding hydrogens is 240 g/mol. The van der Waals surface area contributed by atoms with Crippen LogP contribution in [0.3, 0.4) is 0 Å². The average Bonchev–Trinajstić information content (AvgIpc) is 2.66. The summed E-state index contributed by atoms with van der Waals surface area (Å²) in [5, 5.41) is 20.9. The topological polar surface area (TPSA) is 99.1 Å². The number of aliphatic carboxylic acids is 1. The molecule has 3 N–H and O–H groups in total. The van der Waals surface area contributed by atoms with E-state index >= 15 is 0 Å². The second-order valence-electron chi connectivity index (χ2n) is 4.55. The van der Waals surface area contributed by atoms with Crippen molar-refractivity contribution in [2.75, 3.05) is 19.7 Å². The first-order chi connectivity index (χ1) is 8.41. The highest BCUT2D eigenvalue weighted by Gasteiger charge is 2.38. The fourth-order valence-corrected chi connectivity index (χ4v) is 1.83. The van der Waals surface area contributed by atoms with Crippen molar-refractivity contribution in [1.29, 1.82) is 0 Å². The largest absolute Gasteiger partial charge is 0.480 e. The first-order valence-electron chi connectivity index (χ1n) is 5.98. The minimum absolute atomic E-state index is 0.0494. The van der Waals surface area contributed by atoms with Crippen molar-refractivity contribution < 1.29 is 24.5 Å². The van der Waals surface area contributed by atoms with Crippen LogP contribution in [0.1, 0.15) is 20.3 Å². The van der Waals surface area contributed by atoms with Gasteiger partial charge in [-0.1, -0.05) is 0 Å². The van der Waals surface area contributed by atoms with Gasteiger partial charge in [0, 0.05) is 19.5 Å². The van der Waals surface area contributed by atoms with E-state index < -0.39 is 24.1 Å². The summed E-state index contributed by atoms with van der Waals surface area (Å²) in [7, 11) is 0. The molecule has 0 radical (unpaired) electrons. The Morgan fingerprint density at radius 2 is 2.17 bits per heavy atom. The molecule has 1 aliphatic heterocycles. The summed E-state index contributed by atoms with van der Waals surface area (Å²) in [6, 6.07) is -1.43. The van der Waals surface area contributed by atoms with Gasteiger partial charge in [-0.25, -0.2) is 9.59 Å². The van der Waals surface area contributed by atoms with Gasteiger partial charge < -0.3 is 25.2 Å². The molecule has 1 fully saturated rings. The molecule has 0 aromatic heterocycles. The SMILES string of the molecule is CC(C)OCCNC(=O)N1CC(O)C[C@H]1C(=O)O. The number of carboxylic acids is 1. The molecule has 7 nitrogen and oxygen atoms in total. The Labute approximate surface area is 106 Å². The highest BCUT2D eigenvalue weighted by atomic mass is 16.5. The fourth-order valence-electron chi connectivity index (χ4n) is 1.83. The number of hydrogen-bond donors (Lipinski definition) is 3. The van der Waals surface area contributed by atoms with Crippen molar-refractivity contribution in [3.05, 3.63) is 0 Å². The zero-order chi connectivity index (χ0) is 13.7. The van der Waals surface area contributed by atoms with Crippen molar-refractivity contribution >= 4 is 12.0 Å². The molecule has 1 aliphatic rings. The van der Waals surface area contributed by atoms with Crippen LogP contribution in [0, 0.1) is 0 Å². The molecule has 7 heteroatoms. The number of carbonyl (C=O) groups is 2. The van der Waals surface area contributed by atoms with E-state index in [1.165, 1.54) is 0 Å². The minimum atomic E-state index is -1.10. The normalized spacial score (nSPS) is 23.4. The van der Waals surface area contributed by atoms with Crippen LogP contribution in [0.5, 0.6) is 0 Å². The van der Waals surface area contributed by atoms with E-state index in [0.29, 0.717) is 13.2 Å². The van der Waals surface area contributed by atoms with E-state index in [1.54, 1.807) is 0 Å². The monoisotopic (exact) mass is 260 g/mol. The molecule has 0 aliphatic carbocycles. The molecule has 1 saturated heterocycles. The maximum Gasteiger partial charge on any atom is 0.326 e. The zero-order valence-electron chi connectivity index (χ0n) is 10.6. The maximum absolute atomic E-state index is 11.7. The lowest BCUT2D eigenvalue weighted by molar-refractivity contribution is -0.141. The molecular formula is C11H20N2O5. The molecule has 0 aromatic rings. The summed E-state index contributed by atoms with van der Waals surface area (Å²) >= 11 is 0. The summed E-state index contributed by atoms with van der Waals surface area (Å²) in [4.78, 5) is 23.8. The molecule has 1 heterocycles. The van der Waals surface area contributed by atoms with E-state index in [0.717, 1.165) is 4.90 Å². The molecule has 1 rings (SSSR count). The molecule has 1 unspecified atom stereocenters. The number of likely N-dealkylation sites (tertiary alicyclic amines) is 1. The number of hydrogen-bond acceptors (Lipinski definition) is 4. The first kappa shape index (κ1) is 14.7. The van der Waals surface area contributed by atoms with Crippen LogP contribution >= 0.6 is 0 Å². The average molecular weight is 260 g/mol. The van der Waals surface area contributed by atoms with Gasteiger partial charge >= 0.3 is 12.0 Å². The molecule has 0 aromatic carbocycles. The third kappa shape index (κ3) is 4.15. The summed E-state index contributed by atoms with van der Waals surface area (Å²) in [5.41, 5.74) is 0. The number of aliphatic hydroxyl groups excluding tert-OH is 1. The van der Waals surface area contributed by atoms with Crippen LogP contribution in [0.15, 0.2) is 0 Å². The highest BCUT2D eigenvalue weighted by Crippen LogP contribution is 2.17. The van der Waals surface area contributed by atoms with Gasteiger partial charge in [0.15, 0.2) is 0 Å². The van der Waals surface area contributed by atoms with Gasteiger partial charge in [0.25, 0.3) is 0 Å². The van der Waals surface area contributed by atoms with Crippen molar-refractivity contribution in [1.82, 2.24) is 10.2 Å². The van der Waals surface area contributed by atoms with E-state index in [9.17, 15) is 14.7 Å². The number of nitrogens with zero attached hydrogens (tertiary/aromatic N) is 1. The van der Waals surface area contributed by atoms with E-state index in [2.05, 4.69) is 5.32 Å². The van der Waals surface area contributed by atoms with Crippen LogP contribution in [-0.4, -0.2) is 65.1 Å². The Balaban J connectivity index is 2.38. The number of nitrogens with one attached hydrogen (secondary N) is 1. The van der Waals surface area contributed by atoms with Crippen LogP contribution in [0.25, 0.3) is 0 Å². The van der Waals surface area contributed by atoms with Gasteiger partial charge in [0.1, 0.15) is 6.04 Å². The Morgan fingerprint density at radius 1 is 1.50 bits per heavy atom. The molecule has 2 atom stereocenters. The second kappa shape index (κ2) is 6.55. The summed E-state index contributed by atoms with van der Waals surface area (Å²) < 4.78 is 5.25. The van der Waals surface area contributed by atoms with Gasteiger partial charge in [-0.2, -0.15) is 0 Å². The number of β-amino-alcohol motifs (C(OH)–C–C–N with tert-alkyl or cyclic N) is 1. The molecule has 0 bridgehead atoms. The van der Waals surface area contributed by atoms with E-state index in [4.69, 9.17) is 9.84 Å². The van der Waals surface area contributed by atoms with Gasteiger partial charge in [-0.15, -0.1) is 0 Å². The fraction of sp³-hybridized carbons (Fsp3) is 0.818. The molecule has 104 valence electrons. The standard InChI is InChI=1S/C11H20N2O5/c1-7(2)18-4-3-12-11(17)13-6-8(14)5-9(13)10(15)16/h7-9,14H,3-6H2,1-2H3,(H,12,17)(H,15,16)/t8?,9-/m0/s1. The van der Waals surface area contributed by atoms with Gasteiger partial charge in [-0.05, 0) is 13.8 Å². The number of carboxylic acid groups (broad SMARTS) is 1. The number of rotatable bonds is 5. The predicted molar refractivity (Wildman–Crippen MR) is 63.2 cm³/mol. The number of ether oxygens (including phenoxy) is 1. The maximum atomic E-state index is 11.7. The Hall–Kier alpha value is -1.34. The van der Waals surface area contributed by atoms with Crippen LogP contribution in [0.4, 0.5) is 4.79 Å². The van der Waals surface area contributed by atoms with Crippen molar-refractivity contribution in [3.63, 3.8) is 0 Å². The predicted octanol–water partition coefficient (Wildman–Crippen LogP) is -0.359. The Kier molecular flexibility index (Phi) is 5.36. The lowest BCUT2D eigenvalue weighted by atomic mass is 10.2. The Morgan fingerprint density at radius 3 is 2.72 bits per heavy atom. The van der Waals surface area contributed by atoms with Crippen LogP contribution in [-0.2, 0) is 9.53 Å². The zero-order valence-corrected chi connectivity index (χ0v) is 10.6. The lowest BCUT2D eigenvalue weighted by Crippen LogP contribution is -2.47. The highest BCUT2D eigenvalue weighted by molar-refractivity contribution is 5.83. The third-order valence-electron chi connectivity index (χ3n) is 2.65. The van der Waals surface area contributed by atoms with Gasteiger partial charge in [-0.3, -0.25) is 0 Å². The number of urea groups is 1. The van der Waals surface area contributed by atoms with E-state index in [-0.39, 0.29) is 19.1 Å². The first-order valence-corrected chi connectivity index (χ1v) is 5.98. The quantitative estimate of drug-likeness (QED) is 0.586. The third-order valence-corrected chi connectivity index (χ3v) is 2.65. The Bertz CT molecular complexity index is 308. The number of amides is 2. The van der Waals surface area contributed by atoms with E-state index in [1.807, 2.05) is 13.8 Å². The minimum Gasteiger partial charge on any atom is -0.480 e. The van der Waals surface area contributed by atoms with Crippen molar-refractivity contribution in [2.45, 2.75) is 38.5 Å². The summed E-state index contributed by atoms with van der Waals surface area (Å²) in [6.07, 6.45) is -0.614. The second-order valence-corrected chi connectivity index (χ2v) is 4.55. The van der Waals surface area contributed by atoms with Crippen molar-refractivity contribution in [3.8, 4) is 0 Å². The lowest BCUT2D eigenvalue weighted by Gasteiger charge is -2.21. The van der Waals surface area contributed by atoms with Gasteiger partial charge in [0.05, 0.1) is 18.8 Å². The van der Waals surface area contributed by atoms with Crippen LogP contribution < -0.4 is 5.32 Å².